The van der Waals surface area contributed by atoms with Gasteiger partial charge in [-0.2, -0.15) is 0 Å². The van der Waals surface area contributed by atoms with E-state index in [1.807, 2.05) is 73.7 Å². The van der Waals surface area contributed by atoms with E-state index in [9.17, 15) is 4.79 Å². The number of carbonyl (C=O) groups is 1. The van der Waals surface area contributed by atoms with Crippen molar-refractivity contribution in [3.05, 3.63) is 89.0 Å². The Labute approximate surface area is 184 Å². The molecule has 3 aromatic carbocycles. The molecule has 0 radical (unpaired) electrons. The minimum absolute atomic E-state index is 0.0190. The second-order valence-corrected chi connectivity index (χ2v) is 7.48. The lowest BCUT2D eigenvalue weighted by Crippen LogP contribution is -2.34. The highest BCUT2D eigenvalue weighted by Gasteiger charge is 2.16. The fraction of sp³-hybridized carbons (Fsp3) is 0.269. The molecule has 31 heavy (non-hydrogen) atoms. The van der Waals surface area contributed by atoms with Crippen LogP contribution in [0.3, 0.4) is 0 Å². The average Bonchev–Trinajstić information content (AvgIpc) is 2.80. The van der Waals surface area contributed by atoms with E-state index in [-0.39, 0.29) is 12.5 Å². The first-order valence-corrected chi connectivity index (χ1v) is 10.2. The maximum absolute atomic E-state index is 13.1. The predicted octanol–water partition coefficient (Wildman–Crippen LogP) is 4.93. The van der Waals surface area contributed by atoms with Gasteiger partial charge in [0.1, 0.15) is 17.2 Å². The van der Waals surface area contributed by atoms with E-state index in [2.05, 4.69) is 6.92 Å². The minimum Gasteiger partial charge on any atom is -0.497 e. The van der Waals surface area contributed by atoms with Gasteiger partial charge in [-0.05, 0) is 72.5 Å². The molecular weight excluding hydrogens is 390 g/mol. The van der Waals surface area contributed by atoms with Gasteiger partial charge >= 0.3 is 0 Å². The highest BCUT2D eigenvalue weighted by molar-refractivity contribution is 5.77. The zero-order valence-electron chi connectivity index (χ0n) is 18.6. The molecule has 0 heterocycles. The molecule has 1 amide bonds. The molecular formula is C26H29NO4. The first kappa shape index (κ1) is 22.2. The second kappa shape index (κ2) is 10.5. The van der Waals surface area contributed by atoms with E-state index in [0.29, 0.717) is 18.8 Å². The first-order valence-electron chi connectivity index (χ1n) is 10.2. The van der Waals surface area contributed by atoms with Gasteiger partial charge in [-0.15, -0.1) is 0 Å². The standard InChI is InChI=1S/C26H29NO4/c1-19-5-10-25(15-20(19)2)31-18-26(28)27(16-21-6-11-23(29-3)12-7-21)17-22-8-13-24(30-4)14-9-22/h5-15H,16-18H2,1-4H3. The molecule has 3 rings (SSSR count). The number of carbonyl (C=O) groups excluding carboxylic acids is 1. The van der Waals surface area contributed by atoms with Gasteiger partial charge in [-0.25, -0.2) is 0 Å². The van der Waals surface area contributed by atoms with Crippen molar-refractivity contribution in [1.82, 2.24) is 4.90 Å². The van der Waals surface area contributed by atoms with Crippen LogP contribution < -0.4 is 14.2 Å². The number of ether oxygens (including phenoxy) is 3. The average molecular weight is 420 g/mol. The molecule has 0 atom stereocenters. The molecule has 5 heteroatoms. The lowest BCUT2D eigenvalue weighted by atomic mass is 10.1. The molecule has 162 valence electrons. The van der Waals surface area contributed by atoms with Gasteiger partial charge < -0.3 is 19.1 Å². The van der Waals surface area contributed by atoms with Crippen LogP contribution in [0.2, 0.25) is 0 Å². The van der Waals surface area contributed by atoms with Crippen LogP contribution in [0, 0.1) is 13.8 Å². The molecule has 0 saturated heterocycles. The number of aryl methyl sites for hydroxylation is 2. The second-order valence-electron chi connectivity index (χ2n) is 7.48. The van der Waals surface area contributed by atoms with Crippen LogP contribution in [-0.4, -0.2) is 31.6 Å². The number of hydrogen-bond donors (Lipinski definition) is 0. The van der Waals surface area contributed by atoms with Crippen molar-refractivity contribution >= 4 is 5.91 Å². The Bertz CT molecular complexity index is 947. The largest absolute Gasteiger partial charge is 0.497 e. The molecule has 5 nitrogen and oxygen atoms in total. The number of rotatable bonds is 9. The van der Waals surface area contributed by atoms with Gasteiger partial charge in [0.25, 0.3) is 5.91 Å². The molecule has 3 aromatic rings. The van der Waals surface area contributed by atoms with Gasteiger partial charge in [0.05, 0.1) is 14.2 Å². The van der Waals surface area contributed by atoms with Gasteiger partial charge in [-0.1, -0.05) is 30.3 Å². The van der Waals surface area contributed by atoms with Crippen LogP contribution in [0.1, 0.15) is 22.3 Å². The zero-order valence-corrected chi connectivity index (χ0v) is 18.6. The summed E-state index contributed by atoms with van der Waals surface area (Å²) in [5, 5.41) is 0. The molecule has 0 fully saturated rings. The van der Waals surface area contributed by atoms with Gasteiger partial charge in [0.2, 0.25) is 0 Å². The molecule has 0 saturated carbocycles. The van der Waals surface area contributed by atoms with E-state index < -0.39 is 0 Å². The molecule has 0 bridgehead atoms. The van der Waals surface area contributed by atoms with Crippen molar-refractivity contribution < 1.29 is 19.0 Å². The Morgan fingerprint density at radius 2 is 1.19 bits per heavy atom. The Kier molecular flexibility index (Phi) is 7.55. The van der Waals surface area contributed by atoms with Gasteiger partial charge in [0, 0.05) is 13.1 Å². The number of methoxy groups -OCH3 is 2. The Hall–Kier alpha value is -3.47. The summed E-state index contributed by atoms with van der Waals surface area (Å²) < 4.78 is 16.3. The number of benzene rings is 3. The zero-order chi connectivity index (χ0) is 22.2. The van der Waals surface area contributed by atoms with Crippen LogP contribution in [0.15, 0.2) is 66.7 Å². The van der Waals surface area contributed by atoms with Crippen molar-refractivity contribution in [2.75, 3.05) is 20.8 Å². The summed E-state index contributed by atoms with van der Waals surface area (Å²) in [5.74, 6) is 2.19. The lowest BCUT2D eigenvalue weighted by Gasteiger charge is -2.23. The summed E-state index contributed by atoms with van der Waals surface area (Å²) in [6, 6.07) is 21.3. The quantitative estimate of drug-likeness (QED) is 0.494. The summed E-state index contributed by atoms with van der Waals surface area (Å²) in [6.07, 6.45) is 0. The normalized spacial score (nSPS) is 10.5. The lowest BCUT2D eigenvalue weighted by molar-refractivity contribution is -0.134. The summed E-state index contributed by atoms with van der Waals surface area (Å²) in [7, 11) is 3.28. The van der Waals surface area contributed by atoms with Crippen molar-refractivity contribution in [2.45, 2.75) is 26.9 Å². The molecule has 0 N–H and O–H groups in total. The van der Waals surface area contributed by atoms with Crippen molar-refractivity contribution in [3.63, 3.8) is 0 Å². The van der Waals surface area contributed by atoms with Crippen LogP contribution in [0.4, 0.5) is 0 Å². The summed E-state index contributed by atoms with van der Waals surface area (Å²) in [6.45, 7) is 5.02. The van der Waals surface area contributed by atoms with Crippen molar-refractivity contribution in [3.8, 4) is 17.2 Å². The van der Waals surface area contributed by atoms with Crippen molar-refractivity contribution in [2.24, 2.45) is 0 Å². The monoisotopic (exact) mass is 419 g/mol. The third-order valence-electron chi connectivity index (χ3n) is 5.26. The number of nitrogens with zero attached hydrogens (tertiary/aromatic N) is 1. The van der Waals surface area contributed by atoms with Gasteiger partial charge in [-0.3, -0.25) is 4.79 Å². The first-order chi connectivity index (χ1) is 15.0. The van der Waals surface area contributed by atoms with Crippen LogP contribution >= 0.6 is 0 Å². The summed E-state index contributed by atoms with van der Waals surface area (Å²) >= 11 is 0. The Morgan fingerprint density at radius 3 is 1.65 bits per heavy atom. The fourth-order valence-corrected chi connectivity index (χ4v) is 3.17. The van der Waals surface area contributed by atoms with E-state index in [0.717, 1.165) is 28.2 Å². The molecule has 0 unspecified atom stereocenters. The third kappa shape index (κ3) is 6.25. The van der Waals surface area contributed by atoms with E-state index in [1.54, 1.807) is 19.1 Å². The smallest absolute Gasteiger partial charge is 0.261 e. The SMILES string of the molecule is COc1ccc(CN(Cc2ccc(OC)cc2)C(=O)COc2ccc(C)c(C)c2)cc1. The van der Waals surface area contributed by atoms with Crippen LogP contribution in [0.25, 0.3) is 0 Å². The highest BCUT2D eigenvalue weighted by atomic mass is 16.5. The van der Waals surface area contributed by atoms with Crippen LogP contribution in [0.5, 0.6) is 17.2 Å². The van der Waals surface area contributed by atoms with Crippen LogP contribution in [-0.2, 0) is 17.9 Å². The summed E-state index contributed by atoms with van der Waals surface area (Å²) in [5.41, 5.74) is 4.38. The molecule has 0 aliphatic heterocycles. The maximum Gasteiger partial charge on any atom is 0.261 e. The maximum atomic E-state index is 13.1. The Balaban J connectivity index is 1.73. The molecule has 0 aliphatic carbocycles. The summed E-state index contributed by atoms with van der Waals surface area (Å²) in [4.78, 5) is 14.9. The fourth-order valence-electron chi connectivity index (χ4n) is 3.17. The topological polar surface area (TPSA) is 48.0 Å². The number of amides is 1. The van der Waals surface area contributed by atoms with E-state index >= 15 is 0 Å². The molecule has 0 aromatic heterocycles. The minimum atomic E-state index is -0.0788. The third-order valence-corrected chi connectivity index (χ3v) is 5.26. The number of hydrogen-bond acceptors (Lipinski definition) is 4. The van der Waals surface area contributed by atoms with Gasteiger partial charge in [0.15, 0.2) is 6.61 Å². The van der Waals surface area contributed by atoms with E-state index in [4.69, 9.17) is 14.2 Å². The van der Waals surface area contributed by atoms with Crippen molar-refractivity contribution in [1.29, 1.82) is 0 Å². The molecule has 0 aliphatic rings. The van der Waals surface area contributed by atoms with E-state index in [1.165, 1.54) is 5.56 Å². The molecule has 0 spiro atoms. The predicted molar refractivity (Wildman–Crippen MR) is 122 cm³/mol. The highest BCUT2D eigenvalue weighted by Crippen LogP contribution is 2.19. The Morgan fingerprint density at radius 1 is 0.710 bits per heavy atom.